The van der Waals surface area contributed by atoms with Crippen LogP contribution in [0.2, 0.25) is 0 Å². The van der Waals surface area contributed by atoms with Crippen LogP contribution >= 0.6 is 0 Å². The van der Waals surface area contributed by atoms with Crippen LogP contribution in [0.1, 0.15) is 22.8 Å². The molecule has 0 saturated heterocycles. The van der Waals surface area contributed by atoms with Crippen LogP contribution in [0.15, 0.2) is 42.7 Å². The van der Waals surface area contributed by atoms with Crippen molar-refractivity contribution in [3.63, 3.8) is 0 Å². The molecule has 1 heterocycles. The largest absolute Gasteiger partial charge is 0.496 e. The number of benzene rings is 1. The van der Waals surface area contributed by atoms with Gasteiger partial charge in [0.2, 0.25) is 0 Å². The molecular weight excluding hydrogens is 240 g/mol. The van der Waals surface area contributed by atoms with Crippen molar-refractivity contribution < 1.29 is 9.53 Å². The zero-order valence-corrected chi connectivity index (χ0v) is 11.0. The Hall–Kier alpha value is -2.36. The van der Waals surface area contributed by atoms with Gasteiger partial charge in [0, 0.05) is 23.6 Å². The van der Waals surface area contributed by atoms with Crippen LogP contribution in [0.25, 0.3) is 0 Å². The van der Waals surface area contributed by atoms with Gasteiger partial charge in [-0.05, 0) is 42.3 Å². The number of carbonyl (C=O) groups excluding carboxylic acids is 1. The summed E-state index contributed by atoms with van der Waals surface area (Å²) in [7, 11) is 1.64. The predicted molar refractivity (Wildman–Crippen MR) is 74.6 cm³/mol. The number of pyridine rings is 1. The maximum Gasteiger partial charge on any atom is 0.255 e. The molecule has 0 atom stereocenters. The number of hydrogen-bond acceptors (Lipinski definition) is 3. The smallest absolute Gasteiger partial charge is 0.255 e. The van der Waals surface area contributed by atoms with Crippen molar-refractivity contribution in [2.75, 3.05) is 12.4 Å². The van der Waals surface area contributed by atoms with Gasteiger partial charge in [0.25, 0.3) is 5.91 Å². The lowest BCUT2D eigenvalue weighted by atomic mass is 10.1. The van der Waals surface area contributed by atoms with Crippen LogP contribution in [-0.2, 0) is 6.42 Å². The number of aromatic nitrogens is 1. The highest BCUT2D eigenvalue weighted by Gasteiger charge is 2.07. The van der Waals surface area contributed by atoms with Crippen LogP contribution in [0.5, 0.6) is 5.75 Å². The Balaban J connectivity index is 2.18. The van der Waals surface area contributed by atoms with Gasteiger partial charge in [-0.3, -0.25) is 9.78 Å². The zero-order chi connectivity index (χ0) is 13.7. The Bertz CT molecular complexity index is 568. The van der Waals surface area contributed by atoms with E-state index in [0.29, 0.717) is 5.56 Å². The number of aryl methyl sites for hydroxylation is 1. The molecule has 4 heteroatoms. The summed E-state index contributed by atoms with van der Waals surface area (Å²) in [6.45, 7) is 2.05. The molecule has 98 valence electrons. The first-order valence-electron chi connectivity index (χ1n) is 6.13. The van der Waals surface area contributed by atoms with Crippen molar-refractivity contribution in [3.8, 4) is 5.75 Å². The van der Waals surface area contributed by atoms with Gasteiger partial charge in [-0.2, -0.15) is 0 Å². The van der Waals surface area contributed by atoms with E-state index in [1.807, 2.05) is 25.1 Å². The van der Waals surface area contributed by atoms with E-state index < -0.39 is 0 Å². The van der Waals surface area contributed by atoms with Gasteiger partial charge in [0.1, 0.15) is 5.75 Å². The minimum absolute atomic E-state index is 0.144. The van der Waals surface area contributed by atoms with Crippen molar-refractivity contribution in [2.24, 2.45) is 0 Å². The van der Waals surface area contributed by atoms with Crippen molar-refractivity contribution >= 4 is 11.6 Å². The third-order valence-corrected chi connectivity index (χ3v) is 2.86. The Labute approximate surface area is 112 Å². The van der Waals surface area contributed by atoms with E-state index >= 15 is 0 Å². The van der Waals surface area contributed by atoms with E-state index in [4.69, 9.17) is 4.74 Å². The molecule has 0 fully saturated rings. The second-order valence-electron chi connectivity index (χ2n) is 4.07. The number of anilines is 1. The van der Waals surface area contributed by atoms with Crippen molar-refractivity contribution in [3.05, 3.63) is 53.9 Å². The van der Waals surface area contributed by atoms with Gasteiger partial charge in [-0.25, -0.2) is 0 Å². The first-order chi connectivity index (χ1) is 9.24. The van der Waals surface area contributed by atoms with Crippen LogP contribution in [0.3, 0.4) is 0 Å². The Morgan fingerprint density at radius 3 is 2.63 bits per heavy atom. The molecule has 1 amide bonds. The third-order valence-electron chi connectivity index (χ3n) is 2.86. The van der Waals surface area contributed by atoms with E-state index in [0.717, 1.165) is 23.4 Å². The Morgan fingerprint density at radius 1 is 1.26 bits per heavy atom. The van der Waals surface area contributed by atoms with Crippen LogP contribution < -0.4 is 10.1 Å². The number of hydrogen-bond donors (Lipinski definition) is 1. The van der Waals surface area contributed by atoms with E-state index in [9.17, 15) is 4.79 Å². The van der Waals surface area contributed by atoms with E-state index in [1.54, 1.807) is 31.6 Å². The summed E-state index contributed by atoms with van der Waals surface area (Å²) in [5, 5.41) is 2.86. The first-order valence-corrected chi connectivity index (χ1v) is 6.13. The summed E-state index contributed by atoms with van der Waals surface area (Å²) in [5.74, 6) is 0.694. The van der Waals surface area contributed by atoms with Crippen molar-refractivity contribution in [1.29, 1.82) is 0 Å². The highest BCUT2D eigenvalue weighted by atomic mass is 16.5. The second kappa shape index (κ2) is 6.00. The second-order valence-corrected chi connectivity index (χ2v) is 4.07. The van der Waals surface area contributed by atoms with E-state index in [2.05, 4.69) is 10.3 Å². The van der Waals surface area contributed by atoms with Crippen molar-refractivity contribution in [2.45, 2.75) is 13.3 Å². The normalized spacial score (nSPS) is 10.0. The molecule has 1 aromatic carbocycles. The molecule has 19 heavy (non-hydrogen) atoms. The summed E-state index contributed by atoms with van der Waals surface area (Å²) in [6, 6.07) is 8.98. The standard InChI is InChI=1S/C15H16N2O2/c1-3-11-10-13(4-5-14(11)19-2)17-15(18)12-6-8-16-9-7-12/h4-10H,3H2,1-2H3,(H,17,18). The average molecular weight is 256 g/mol. The monoisotopic (exact) mass is 256 g/mol. The highest BCUT2D eigenvalue weighted by molar-refractivity contribution is 6.04. The predicted octanol–water partition coefficient (Wildman–Crippen LogP) is 2.90. The molecule has 1 N–H and O–H groups in total. The van der Waals surface area contributed by atoms with Crippen LogP contribution in [-0.4, -0.2) is 18.0 Å². The lowest BCUT2D eigenvalue weighted by Crippen LogP contribution is -2.12. The molecule has 1 aromatic heterocycles. The zero-order valence-electron chi connectivity index (χ0n) is 11.0. The van der Waals surface area contributed by atoms with Crippen LogP contribution in [0.4, 0.5) is 5.69 Å². The van der Waals surface area contributed by atoms with E-state index in [-0.39, 0.29) is 5.91 Å². The molecule has 0 unspecified atom stereocenters. The SMILES string of the molecule is CCc1cc(NC(=O)c2ccncc2)ccc1OC. The van der Waals surface area contributed by atoms with Gasteiger partial charge in [-0.1, -0.05) is 6.92 Å². The molecule has 0 saturated carbocycles. The molecule has 2 rings (SSSR count). The molecule has 0 aliphatic rings. The summed E-state index contributed by atoms with van der Waals surface area (Å²) in [6.07, 6.45) is 4.04. The molecule has 2 aromatic rings. The fourth-order valence-electron chi connectivity index (χ4n) is 1.84. The minimum atomic E-state index is -0.144. The number of carbonyl (C=O) groups is 1. The van der Waals surface area contributed by atoms with Gasteiger partial charge in [0.05, 0.1) is 7.11 Å². The van der Waals surface area contributed by atoms with Gasteiger partial charge < -0.3 is 10.1 Å². The quantitative estimate of drug-likeness (QED) is 0.915. The average Bonchev–Trinajstić information content (AvgIpc) is 2.48. The maximum atomic E-state index is 12.0. The third kappa shape index (κ3) is 3.10. The van der Waals surface area contributed by atoms with Gasteiger partial charge >= 0.3 is 0 Å². The fraction of sp³-hybridized carbons (Fsp3) is 0.200. The molecular formula is C15H16N2O2. The lowest BCUT2D eigenvalue weighted by Gasteiger charge is -2.10. The molecule has 0 aliphatic heterocycles. The van der Waals surface area contributed by atoms with Crippen molar-refractivity contribution in [1.82, 2.24) is 4.98 Å². The number of amides is 1. The summed E-state index contributed by atoms with van der Waals surface area (Å²) >= 11 is 0. The number of nitrogens with zero attached hydrogens (tertiary/aromatic N) is 1. The minimum Gasteiger partial charge on any atom is -0.496 e. The van der Waals surface area contributed by atoms with Crippen LogP contribution in [0, 0.1) is 0 Å². The highest BCUT2D eigenvalue weighted by Crippen LogP contribution is 2.23. The van der Waals surface area contributed by atoms with E-state index in [1.165, 1.54) is 0 Å². The number of nitrogens with one attached hydrogen (secondary N) is 1. The number of rotatable bonds is 4. The summed E-state index contributed by atoms with van der Waals surface area (Å²) in [4.78, 5) is 15.9. The molecule has 0 aliphatic carbocycles. The summed E-state index contributed by atoms with van der Waals surface area (Å²) in [5.41, 5.74) is 2.42. The topological polar surface area (TPSA) is 51.2 Å². The number of ether oxygens (including phenoxy) is 1. The lowest BCUT2D eigenvalue weighted by molar-refractivity contribution is 0.102. The summed E-state index contributed by atoms with van der Waals surface area (Å²) < 4.78 is 5.26. The molecule has 0 bridgehead atoms. The Kier molecular flexibility index (Phi) is 4.13. The molecule has 0 spiro atoms. The van der Waals surface area contributed by atoms with Gasteiger partial charge in [0.15, 0.2) is 0 Å². The molecule has 4 nitrogen and oxygen atoms in total. The fourth-order valence-corrected chi connectivity index (χ4v) is 1.84. The number of methoxy groups -OCH3 is 1. The molecule has 0 radical (unpaired) electrons. The van der Waals surface area contributed by atoms with Gasteiger partial charge in [-0.15, -0.1) is 0 Å². The first kappa shape index (κ1) is 13.1. The Morgan fingerprint density at radius 2 is 2.00 bits per heavy atom. The maximum absolute atomic E-state index is 12.0.